The predicted octanol–water partition coefficient (Wildman–Crippen LogP) is 2.77. The molecule has 0 saturated heterocycles. The normalized spacial score (nSPS) is 14.5. The lowest BCUT2D eigenvalue weighted by atomic mass is 10.1. The van der Waals surface area contributed by atoms with Gasteiger partial charge in [0.25, 0.3) is 0 Å². The highest BCUT2D eigenvalue weighted by molar-refractivity contribution is 6.30. The zero-order chi connectivity index (χ0) is 14.7. The largest absolute Gasteiger partial charge is 0.323 e. The number of rotatable bonds is 5. The second-order valence-electron chi connectivity index (χ2n) is 5.22. The maximum absolute atomic E-state index is 6.23. The van der Waals surface area contributed by atoms with Crippen molar-refractivity contribution < 1.29 is 0 Å². The molecular formula is C15H21ClN4. The summed E-state index contributed by atoms with van der Waals surface area (Å²) in [7, 11) is 3.98. The number of aromatic nitrogens is 2. The van der Waals surface area contributed by atoms with Crippen molar-refractivity contribution in [3.63, 3.8) is 0 Å². The summed E-state index contributed by atoms with van der Waals surface area (Å²) in [5.41, 5.74) is 8.52. The van der Waals surface area contributed by atoms with Crippen molar-refractivity contribution in [1.29, 1.82) is 0 Å². The molecule has 5 heteroatoms. The van der Waals surface area contributed by atoms with Crippen LogP contribution >= 0.6 is 11.6 Å². The summed E-state index contributed by atoms with van der Waals surface area (Å²) in [6.07, 6.45) is 3.79. The number of likely N-dealkylation sites (N-methyl/N-ethyl adjacent to an activating group) is 1. The molecule has 2 atom stereocenters. The summed E-state index contributed by atoms with van der Waals surface area (Å²) in [6.45, 7) is 2.94. The van der Waals surface area contributed by atoms with Crippen LogP contribution in [0.5, 0.6) is 0 Å². The van der Waals surface area contributed by atoms with Gasteiger partial charge >= 0.3 is 0 Å². The highest BCUT2D eigenvalue weighted by Crippen LogP contribution is 2.22. The summed E-state index contributed by atoms with van der Waals surface area (Å²) in [5, 5.41) is 4.92. The van der Waals surface area contributed by atoms with E-state index in [0.29, 0.717) is 0 Å². The minimum absolute atomic E-state index is 0.0385. The van der Waals surface area contributed by atoms with Crippen LogP contribution in [0.1, 0.15) is 30.1 Å². The Morgan fingerprint density at radius 3 is 2.50 bits per heavy atom. The lowest BCUT2D eigenvalue weighted by molar-refractivity contribution is 0.246. The molecule has 0 amide bonds. The predicted molar refractivity (Wildman–Crippen MR) is 82.6 cm³/mol. The van der Waals surface area contributed by atoms with E-state index >= 15 is 0 Å². The molecule has 0 bridgehead atoms. The van der Waals surface area contributed by atoms with Crippen molar-refractivity contribution in [2.45, 2.75) is 19.0 Å². The minimum Gasteiger partial charge on any atom is -0.323 e. The molecule has 0 aliphatic carbocycles. The third kappa shape index (κ3) is 3.60. The van der Waals surface area contributed by atoms with Gasteiger partial charge in [-0.25, -0.2) is 0 Å². The molecule has 108 valence electrons. The van der Waals surface area contributed by atoms with Crippen molar-refractivity contribution in [3.05, 3.63) is 52.8 Å². The summed E-state index contributed by atoms with van der Waals surface area (Å²) in [4.78, 5) is 2.24. The van der Waals surface area contributed by atoms with Crippen LogP contribution in [0.3, 0.4) is 0 Å². The average molecular weight is 293 g/mol. The van der Waals surface area contributed by atoms with Crippen LogP contribution in [-0.2, 0) is 7.05 Å². The third-order valence-electron chi connectivity index (χ3n) is 3.65. The Hall–Kier alpha value is -1.36. The standard InChI is InChI=1S/C15H21ClN4/c1-11(12-4-6-14(16)7-5-12)19(2)10-15(17)13-8-18-20(3)9-13/h4-9,11,15H,10,17H2,1-3H3. The minimum atomic E-state index is -0.0385. The molecule has 1 aromatic heterocycles. The van der Waals surface area contributed by atoms with E-state index in [-0.39, 0.29) is 12.1 Å². The first-order chi connectivity index (χ1) is 9.47. The van der Waals surface area contributed by atoms with Crippen molar-refractivity contribution in [2.75, 3.05) is 13.6 Å². The van der Waals surface area contributed by atoms with Crippen molar-refractivity contribution >= 4 is 11.6 Å². The van der Waals surface area contributed by atoms with Gasteiger partial charge in [0.2, 0.25) is 0 Å². The van der Waals surface area contributed by atoms with E-state index in [1.54, 1.807) is 4.68 Å². The van der Waals surface area contributed by atoms with Crippen LogP contribution in [0.15, 0.2) is 36.7 Å². The second-order valence-corrected chi connectivity index (χ2v) is 5.66. The summed E-state index contributed by atoms with van der Waals surface area (Å²) < 4.78 is 1.78. The molecular weight excluding hydrogens is 272 g/mol. The van der Waals surface area contributed by atoms with E-state index in [4.69, 9.17) is 17.3 Å². The van der Waals surface area contributed by atoms with E-state index in [1.807, 2.05) is 31.6 Å². The quantitative estimate of drug-likeness (QED) is 0.922. The van der Waals surface area contributed by atoms with E-state index < -0.39 is 0 Å². The molecule has 0 fully saturated rings. The number of benzene rings is 1. The molecule has 20 heavy (non-hydrogen) atoms. The molecule has 4 nitrogen and oxygen atoms in total. The van der Waals surface area contributed by atoms with E-state index in [2.05, 4.69) is 36.1 Å². The van der Waals surface area contributed by atoms with Gasteiger partial charge in [-0.05, 0) is 31.7 Å². The Labute approximate surface area is 125 Å². The topological polar surface area (TPSA) is 47.1 Å². The number of nitrogens with zero attached hydrogens (tertiary/aromatic N) is 3. The molecule has 0 aliphatic heterocycles. The number of hydrogen-bond donors (Lipinski definition) is 1. The lowest BCUT2D eigenvalue weighted by Gasteiger charge is -2.27. The Balaban J connectivity index is 2.00. The van der Waals surface area contributed by atoms with Gasteiger partial charge in [0, 0.05) is 42.5 Å². The van der Waals surface area contributed by atoms with Crippen molar-refractivity contribution in [2.24, 2.45) is 12.8 Å². The van der Waals surface area contributed by atoms with Gasteiger partial charge in [-0.2, -0.15) is 5.10 Å². The number of hydrogen-bond acceptors (Lipinski definition) is 3. The highest BCUT2D eigenvalue weighted by Gasteiger charge is 2.16. The van der Waals surface area contributed by atoms with Gasteiger partial charge < -0.3 is 5.73 Å². The smallest absolute Gasteiger partial charge is 0.0537 e. The van der Waals surface area contributed by atoms with Crippen LogP contribution in [0, 0.1) is 0 Å². The zero-order valence-electron chi connectivity index (χ0n) is 12.1. The fourth-order valence-electron chi connectivity index (χ4n) is 2.20. The van der Waals surface area contributed by atoms with Crippen molar-refractivity contribution in [3.8, 4) is 0 Å². The lowest BCUT2D eigenvalue weighted by Crippen LogP contribution is -2.31. The first-order valence-corrected chi connectivity index (χ1v) is 7.05. The van der Waals surface area contributed by atoms with E-state index in [0.717, 1.165) is 17.1 Å². The van der Waals surface area contributed by atoms with Crippen molar-refractivity contribution in [1.82, 2.24) is 14.7 Å². The molecule has 0 saturated carbocycles. The van der Waals surface area contributed by atoms with E-state index in [1.165, 1.54) is 5.56 Å². The molecule has 2 rings (SSSR count). The molecule has 2 N–H and O–H groups in total. The van der Waals surface area contributed by atoms with Crippen LogP contribution in [-0.4, -0.2) is 28.3 Å². The van der Waals surface area contributed by atoms with Gasteiger partial charge in [-0.1, -0.05) is 23.7 Å². The fraction of sp³-hybridized carbons (Fsp3) is 0.400. The second kappa shape index (κ2) is 6.39. The first kappa shape index (κ1) is 15.0. The summed E-state index contributed by atoms with van der Waals surface area (Å²) in [6, 6.07) is 8.20. The molecule has 0 spiro atoms. The summed E-state index contributed by atoms with van der Waals surface area (Å²) >= 11 is 5.92. The van der Waals surface area contributed by atoms with Crippen LogP contribution in [0.25, 0.3) is 0 Å². The molecule has 2 unspecified atom stereocenters. The van der Waals surface area contributed by atoms with E-state index in [9.17, 15) is 0 Å². The Bertz CT molecular complexity index is 549. The van der Waals surface area contributed by atoms with Gasteiger partial charge in [-0.15, -0.1) is 0 Å². The zero-order valence-corrected chi connectivity index (χ0v) is 12.9. The Morgan fingerprint density at radius 1 is 1.30 bits per heavy atom. The molecule has 0 radical (unpaired) electrons. The molecule has 0 aliphatic rings. The Kier molecular flexibility index (Phi) is 4.81. The summed E-state index contributed by atoms with van der Waals surface area (Å²) in [5.74, 6) is 0. The molecule has 2 aromatic rings. The Morgan fingerprint density at radius 2 is 1.95 bits per heavy atom. The van der Waals surface area contributed by atoms with Gasteiger partial charge in [0.15, 0.2) is 0 Å². The van der Waals surface area contributed by atoms with Gasteiger partial charge in [0.1, 0.15) is 0 Å². The average Bonchev–Trinajstić information content (AvgIpc) is 2.85. The maximum atomic E-state index is 6.23. The van der Waals surface area contributed by atoms with Crippen LogP contribution in [0.2, 0.25) is 5.02 Å². The van der Waals surface area contributed by atoms with Gasteiger partial charge in [-0.3, -0.25) is 9.58 Å². The monoisotopic (exact) mass is 292 g/mol. The molecule has 1 heterocycles. The number of aryl methyl sites for hydroxylation is 1. The maximum Gasteiger partial charge on any atom is 0.0537 e. The third-order valence-corrected chi connectivity index (χ3v) is 3.90. The van der Waals surface area contributed by atoms with Crippen LogP contribution < -0.4 is 5.73 Å². The van der Waals surface area contributed by atoms with Gasteiger partial charge in [0.05, 0.1) is 6.20 Å². The fourth-order valence-corrected chi connectivity index (χ4v) is 2.33. The van der Waals surface area contributed by atoms with Crippen LogP contribution in [0.4, 0.5) is 0 Å². The number of halogens is 1. The number of nitrogens with two attached hydrogens (primary N) is 1. The molecule has 1 aromatic carbocycles. The first-order valence-electron chi connectivity index (χ1n) is 6.67. The highest BCUT2D eigenvalue weighted by atomic mass is 35.5. The SMILES string of the molecule is CC(c1ccc(Cl)cc1)N(C)CC(N)c1cnn(C)c1.